The van der Waals surface area contributed by atoms with Gasteiger partial charge in [0.15, 0.2) is 0 Å². The van der Waals surface area contributed by atoms with E-state index in [1.807, 2.05) is 29.2 Å². The van der Waals surface area contributed by atoms with Gasteiger partial charge in [-0.05, 0) is 59.8 Å². The lowest BCUT2D eigenvalue weighted by molar-refractivity contribution is 0.305. The monoisotopic (exact) mass is 457 g/mol. The van der Waals surface area contributed by atoms with Gasteiger partial charge < -0.3 is 21.3 Å². The fraction of sp³-hybridized carbons (Fsp3) is 0.333. The number of para-hydroxylation sites is 1. The van der Waals surface area contributed by atoms with Gasteiger partial charge in [-0.25, -0.2) is 4.99 Å². The molecule has 0 saturated heterocycles. The summed E-state index contributed by atoms with van der Waals surface area (Å²) in [6, 6.07) is 10.9. The van der Waals surface area contributed by atoms with Gasteiger partial charge in [0.1, 0.15) is 17.2 Å². The SMILES string of the molecule is COc1ccc(Br)c(N2C(N)=NC(N)=NC23CCCCC3)c1-c1ccccc1O. The van der Waals surface area contributed by atoms with E-state index in [-0.39, 0.29) is 17.7 Å². The number of phenolic OH excluding ortho intramolecular Hbond substituents is 1. The fourth-order valence-electron chi connectivity index (χ4n) is 4.33. The number of halogens is 1. The molecular formula is C21H24BrN5O2. The molecule has 2 aliphatic rings. The smallest absolute Gasteiger partial charge is 0.220 e. The number of methoxy groups -OCH3 is 1. The van der Waals surface area contributed by atoms with Gasteiger partial charge in [0.25, 0.3) is 0 Å². The maximum absolute atomic E-state index is 10.6. The summed E-state index contributed by atoms with van der Waals surface area (Å²) in [6.45, 7) is 0. The standard InChI is InChI=1S/C21H24BrN5O2/c1-29-16-10-9-14(22)18(17(16)13-7-3-4-8-15(13)28)27-20(24)25-19(23)26-21(27)11-5-2-6-12-21/h3-4,7-10,28H,2,5-6,11-12H2,1H3,(H4,23,24,25,26). The number of hydrogen-bond acceptors (Lipinski definition) is 7. The lowest BCUT2D eigenvalue weighted by Crippen LogP contribution is -2.58. The summed E-state index contributed by atoms with van der Waals surface area (Å²) in [4.78, 5) is 11.0. The minimum Gasteiger partial charge on any atom is -0.507 e. The zero-order chi connectivity index (χ0) is 20.6. The highest BCUT2D eigenvalue weighted by Crippen LogP contribution is 2.50. The Morgan fingerprint density at radius 3 is 2.52 bits per heavy atom. The Bertz CT molecular complexity index is 999. The molecule has 8 heteroatoms. The number of hydrogen-bond donors (Lipinski definition) is 3. The summed E-state index contributed by atoms with van der Waals surface area (Å²) < 4.78 is 6.47. The van der Waals surface area contributed by atoms with Crippen LogP contribution in [-0.2, 0) is 0 Å². The summed E-state index contributed by atoms with van der Waals surface area (Å²) in [7, 11) is 1.61. The Morgan fingerprint density at radius 2 is 1.83 bits per heavy atom. The van der Waals surface area contributed by atoms with Crippen LogP contribution in [0.15, 0.2) is 50.9 Å². The van der Waals surface area contributed by atoms with E-state index in [9.17, 15) is 5.11 Å². The first kappa shape index (κ1) is 19.6. The molecule has 5 N–H and O–H groups in total. The van der Waals surface area contributed by atoms with Crippen molar-refractivity contribution in [3.05, 3.63) is 40.9 Å². The number of phenols is 1. The van der Waals surface area contributed by atoms with Crippen LogP contribution in [0.2, 0.25) is 0 Å². The van der Waals surface area contributed by atoms with Crippen LogP contribution >= 0.6 is 15.9 Å². The molecule has 0 amide bonds. The van der Waals surface area contributed by atoms with Gasteiger partial charge >= 0.3 is 0 Å². The second kappa shape index (κ2) is 7.59. The summed E-state index contributed by atoms with van der Waals surface area (Å²) in [6.07, 6.45) is 4.82. The van der Waals surface area contributed by atoms with E-state index < -0.39 is 5.66 Å². The topological polar surface area (TPSA) is 109 Å². The number of guanidine groups is 2. The predicted octanol–water partition coefficient (Wildman–Crippen LogP) is 3.94. The summed E-state index contributed by atoms with van der Waals surface area (Å²) in [5, 5.41) is 10.6. The predicted molar refractivity (Wildman–Crippen MR) is 119 cm³/mol. The maximum Gasteiger partial charge on any atom is 0.220 e. The van der Waals surface area contributed by atoms with Crippen LogP contribution in [0.5, 0.6) is 11.5 Å². The molecule has 0 bridgehead atoms. The number of nitrogens with zero attached hydrogens (tertiary/aromatic N) is 3. The summed E-state index contributed by atoms with van der Waals surface area (Å²) in [5.41, 5.74) is 14.0. The highest BCUT2D eigenvalue weighted by Gasteiger charge is 2.44. The number of anilines is 1. The number of aromatic hydroxyl groups is 1. The molecule has 1 aliphatic carbocycles. The van der Waals surface area contributed by atoms with E-state index in [2.05, 4.69) is 20.9 Å². The quantitative estimate of drug-likeness (QED) is 0.646. The number of rotatable bonds is 3. The van der Waals surface area contributed by atoms with Gasteiger partial charge in [0.2, 0.25) is 11.9 Å². The van der Waals surface area contributed by atoms with Gasteiger partial charge in [-0.2, -0.15) is 4.99 Å². The zero-order valence-electron chi connectivity index (χ0n) is 16.2. The first-order valence-corrected chi connectivity index (χ1v) is 10.4. The van der Waals surface area contributed by atoms with E-state index in [4.69, 9.17) is 21.2 Å². The van der Waals surface area contributed by atoms with Crippen molar-refractivity contribution in [2.24, 2.45) is 21.5 Å². The molecule has 29 heavy (non-hydrogen) atoms. The number of benzene rings is 2. The molecule has 0 aromatic heterocycles. The van der Waals surface area contributed by atoms with Crippen molar-refractivity contribution in [1.82, 2.24) is 0 Å². The molecule has 1 heterocycles. The van der Waals surface area contributed by atoms with Gasteiger partial charge in [-0.15, -0.1) is 0 Å². The second-order valence-electron chi connectivity index (χ2n) is 7.31. The number of ether oxygens (including phenoxy) is 1. The van der Waals surface area contributed by atoms with Crippen LogP contribution < -0.4 is 21.1 Å². The van der Waals surface area contributed by atoms with E-state index in [0.717, 1.165) is 47.8 Å². The lowest BCUT2D eigenvalue weighted by atomic mass is 9.86. The highest BCUT2D eigenvalue weighted by molar-refractivity contribution is 9.10. The molecule has 2 aromatic rings. The third kappa shape index (κ3) is 3.31. The molecule has 152 valence electrons. The molecule has 0 unspecified atom stereocenters. The van der Waals surface area contributed by atoms with Crippen LogP contribution in [0.1, 0.15) is 32.1 Å². The van der Waals surface area contributed by atoms with Crippen molar-refractivity contribution in [3.8, 4) is 22.6 Å². The molecular weight excluding hydrogens is 434 g/mol. The maximum atomic E-state index is 10.6. The Balaban J connectivity index is 2.01. The van der Waals surface area contributed by atoms with Crippen molar-refractivity contribution in [1.29, 1.82) is 0 Å². The van der Waals surface area contributed by atoms with Crippen LogP contribution in [0, 0.1) is 0 Å². The summed E-state index contributed by atoms with van der Waals surface area (Å²) >= 11 is 3.69. The molecule has 7 nitrogen and oxygen atoms in total. The molecule has 0 atom stereocenters. The van der Waals surface area contributed by atoms with Crippen LogP contribution in [0.25, 0.3) is 11.1 Å². The van der Waals surface area contributed by atoms with Crippen molar-refractivity contribution in [3.63, 3.8) is 0 Å². The fourth-order valence-corrected chi connectivity index (χ4v) is 4.83. The van der Waals surface area contributed by atoms with Gasteiger partial charge in [0.05, 0.1) is 18.4 Å². The molecule has 4 rings (SSSR count). The Hall–Kier alpha value is -2.74. The average Bonchev–Trinajstić information content (AvgIpc) is 2.69. The van der Waals surface area contributed by atoms with Crippen molar-refractivity contribution in [2.75, 3.05) is 12.0 Å². The normalized spacial score (nSPS) is 18.3. The number of nitrogens with two attached hydrogens (primary N) is 2. The van der Waals surface area contributed by atoms with E-state index in [1.165, 1.54) is 0 Å². The van der Waals surface area contributed by atoms with Gasteiger partial charge in [-0.3, -0.25) is 4.90 Å². The third-order valence-electron chi connectivity index (χ3n) is 5.56. The van der Waals surface area contributed by atoms with E-state index in [0.29, 0.717) is 11.3 Å². The van der Waals surface area contributed by atoms with Gasteiger partial charge in [-0.1, -0.05) is 24.6 Å². The third-order valence-corrected chi connectivity index (χ3v) is 6.20. The molecule has 1 saturated carbocycles. The van der Waals surface area contributed by atoms with Crippen molar-refractivity contribution >= 4 is 33.5 Å². The Kier molecular flexibility index (Phi) is 5.12. The van der Waals surface area contributed by atoms with Crippen LogP contribution in [0.4, 0.5) is 5.69 Å². The second-order valence-corrected chi connectivity index (χ2v) is 8.16. The molecule has 1 spiro atoms. The molecule has 2 aromatic carbocycles. The Morgan fingerprint density at radius 1 is 1.10 bits per heavy atom. The lowest BCUT2D eigenvalue weighted by Gasteiger charge is -2.46. The first-order valence-electron chi connectivity index (χ1n) is 9.61. The molecule has 1 fully saturated rings. The first-order chi connectivity index (χ1) is 14.0. The van der Waals surface area contributed by atoms with Gasteiger partial charge in [0, 0.05) is 10.0 Å². The minimum absolute atomic E-state index is 0.151. The average molecular weight is 458 g/mol. The number of aliphatic imine (C=N–C) groups is 2. The van der Waals surface area contributed by atoms with Crippen LogP contribution in [-0.4, -0.2) is 29.8 Å². The summed E-state index contributed by atoms with van der Waals surface area (Å²) in [5.74, 6) is 1.25. The Labute approximate surface area is 178 Å². The minimum atomic E-state index is -0.609. The largest absolute Gasteiger partial charge is 0.507 e. The van der Waals surface area contributed by atoms with Crippen molar-refractivity contribution < 1.29 is 9.84 Å². The highest BCUT2D eigenvalue weighted by atomic mass is 79.9. The molecule has 1 aliphatic heterocycles. The molecule has 0 radical (unpaired) electrons. The van der Waals surface area contributed by atoms with Crippen LogP contribution in [0.3, 0.4) is 0 Å². The zero-order valence-corrected chi connectivity index (χ0v) is 17.8. The van der Waals surface area contributed by atoms with Crippen molar-refractivity contribution in [2.45, 2.75) is 37.8 Å². The van der Waals surface area contributed by atoms with E-state index >= 15 is 0 Å². The van der Waals surface area contributed by atoms with E-state index in [1.54, 1.807) is 19.2 Å².